The molecule has 2 rings (SSSR count). The summed E-state index contributed by atoms with van der Waals surface area (Å²) < 4.78 is 15.9. The predicted octanol–water partition coefficient (Wildman–Crippen LogP) is 1.54. The second-order valence-corrected chi connectivity index (χ2v) is 4.71. The molecule has 0 spiro atoms. The van der Waals surface area contributed by atoms with Gasteiger partial charge in [0.05, 0.1) is 0 Å². The zero-order chi connectivity index (χ0) is 15.9. The van der Waals surface area contributed by atoms with Crippen molar-refractivity contribution >= 4 is 18.0 Å². The number of benzene rings is 1. The fourth-order valence-corrected chi connectivity index (χ4v) is 1.91. The number of amides is 1. The summed E-state index contributed by atoms with van der Waals surface area (Å²) in [5.41, 5.74) is 0.784. The van der Waals surface area contributed by atoms with Gasteiger partial charge in [-0.3, -0.25) is 4.79 Å². The maximum absolute atomic E-state index is 11.7. The van der Waals surface area contributed by atoms with Gasteiger partial charge in [0.1, 0.15) is 13.2 Å². The molecule has 22 heavy (non-hydrogen) atoms. The molecular weight excluding hydrogens is 286 g/mol. The topological polar surface area (TPSA) is 73.9 Å². The van der Waals surface area contributed by atoms with Gasteiger partial charge in [-0.1, -0.05) is 6.07 Å². The van der Waals surface area contributed by atoms with Crippen LogP contribution in [0.2, 0.25) is 0 Å². The van der Waals surface area contributed by atoms with Crippen LogP contribution < -0.4 is 14.8 Å². The summed E-state index contributed by atoms with van der Waals surface area (Å²) in [6.07, 6.45) is 2.06. The van der Waals surface area contributed by atoms with Gasteiger partial charge in [-0.15, -0.1) is 0 Å². The maximum Gasteiger partial charge on any atom is 0.331 e. The molecule has 1 aromatic carbocycles. The molecule has 0 fully saturated rings. The predicted molar refractivity (Wildman–Crippen MR) is 80.7 cm³/mol. The van der Waals surface area contributed by atoms with E-state index in [4.69, 9.17) is 14.2 Å². The molecule has 1 heterocycles. The van der Waals surface area contributed by atoms with E-state index in [2.05, 4.69) is 5.32 Å². The van der Waals surface area contributed by atoms with Crippen LogP contribution in [0.15, 0.2) is 24.3 Å². The molecule has 0 radical (unpaired) electrons. The highest BCUT2D eigenvalue weighted by atomic mass is 16.6. The van der Waals surface area contributed by atoms with Crippen LogP contribution in [0.4, 0.5) is 0 Å². The summed E-state index contributed by atoms with van der Waals surface area (Å²) in [7, 11) is 0. The Bertz CT molecular complexity index is 582. The molecule has 0 saturated carbocycles. The average Bonchev–Trinajstić information content (AvgIpc) is 2.53. The Balaban J connectivity index is 1.93. The number of hydrogen-bond acceptors (Lipinski definition) is 5. The first kappa shape index (κ1) is 15.9. The molecule has 0 aromatic heterocycles. The molecule has 0 bridgehead atoms. The highest BCUT2D eigenvalue weighted by molar-refractivity contribution is 5.90. The van der Waals surface area contributed by atoms with Crippen LogP contribution in [0, 0.1) is 0 Å². The minimum Gasteiger partial charge on any atom is -0.486 e. The molecule has 0 saturated heterocycles. The molecule has 1 aliphatic heterocycles. The van der Waals surface area contributed by atoms with Crippen LogP contribution >= 0.6 is 0 Å². The van der Waals surface area contributed by atoms with Gasteiger partial charge in [0.15, 0.2) is 17.6 Å². The third-order valence-corrected chi connectivity index (χ3v) is 2.99. The summed E-state index contributed by atoms with van der Waals surface area (Å²) in [4.78, 5) is 23.1. The van der Waals surface area contributed by atoms with E-state index in [1.807, 2.05) is 6.07 Å². The minimum absolute atomic E-state index is 0.316. The van der Waals surface area contributed by atoms with Crippen LogP contribution in [0.3, 0.4) is 0 Å². The monoisotopic (exact) mass is 305 g/mol. The van der Waals surface area contributed by atoms with Crippen LogP contribution in [-0.4, -0.2) is 37.7 Å². The molecule has 1 amide bonds. The Hall–Kier alpha value is -2.50. The highest BCUT2D eigenvalue weighted by Crippen LogP contribution is 2.31. The van der Waals surface area contributed by atoms with Gasteiger partial charge in [-0.25, -0.2) is 4.79 Å². The third kappa shape index (κ3) is 4.25. The van der Waals surface area contributed by atoms with Crippen molar-refractivity contribution in [1.82, 2.24) is 5.32 Å². The number of fused-ring (bicyclic) bond motifs is 1. The zero-order valence-electron chi connectivity index (χ0n) is 12.6. The standard InChI is InChI=1S/C16H19NO5/c1-3-17-16(19)11(2)22-15(18)7-5-12-4-6-13-14(10-12)21-9-8-20-13/h4-7,10-11H,3,8-9H2,1-2H3,(H,17,19)/b7-5+/t11-/m1/s1. The van der Waals surface area contributed by atoms with E-state index < -0.39 is 12.1 Å². The average molecular weight is 305 g/mol. The molecule has 1 atom stereocenters. The summed E-state index contributed by atoms with van der Waals surface area (Å²) in [6.45, 7) is 4.86. The van der Waals surface area contributed by atoms with Gasteiger partial charge in [-0.05, 0) is 37.6 Å². The van der Waals surface area contributed by atoms with Crippen molar-refractivity contribution in [3.05, 3.63) is 29.8 Å². The van der Waals surface area contributed by atoms with E-state index in [1.54, 1.807) is 25.1 Å². The van der Waals surface area contributed by atoms with Crippen molar-refractivity contribution in [2.24, 2.45) is 0 Å². The second-order valence-electron chi connectivity index (χ2n) is 4.71. The molecular formula is C16H19NO5. The summed E-state index contributed by atoms with van der Waals surface area (Å²) in [6, 6.07) is 5.38. The smallest absolute Gasteiger partial charge is 0.331 e. The maximum atomic E-state index is 11.7. The van der Waals surface area contributed by atoms with Gasteiger partial charge < -0.3 is 19.5 Å². The zero-order valence-corrected chi connectivity index (χ0v) is 12.6. The molecule has 0 aliphatic carbocycles. The van der Waals surface area contributed by atoms with Gasteiger partial charge in [0.2, 0.25) is 0 Å². The highest BCUT2D eigenvalue weighted by Gasteiger charge is 2.15. The number of rotatable bonds is 5. The number of hydrogen-bond donors (Lipinski definition) is 1. The fourth-order valence-electron chi connectivity index (χ4n) is 1.91. The molecule has 1 aliphatic rings. The lowest BCUT2D eigenvalue weighted by atomic mass is 10.2. The van der Waals surface area contributed by atoms with E-state index in [-0.39, 0.29) is 5.91 Å². The molecule has 0 unspecified atom stereocenters. The van der Waals surface area contributed by atoms with Crippen molar-refractivity contribution in [2.45, 2.75) is 20.0 Å². The number of esters is 1. The van der Waals surface area contributed by atoms with Crippen molar-refractivity contribution in [1.29, 1.82) is 0 Å². The van der Waals surface area contributed by atoms with Crippen LogP contribution in [0.25, 0.3) is 6.08 Å². The first-order valence-electron chi connectivity index (χ1n) is 7.16. The van der Waals surface area contributed by atoms with E-state index in [9.17, 15) is 9.59 Å². The van der Waals surface area contributed by atoms with Gasteiger partial charge >= 0.3 is 5.97 Å². The van der Waals surface area contributed by atoms with Crippen molar-refractivity contribution in [3.63, 3.8) is 0 Å². The third-order valence-electron chi connectivity index (χ3n) is 2.99. The number of carbonyl (C=O) groups excluding carboxylic acids is 2. The summed E-state index contributed by atoms with van der Waals surface area (Å²) in [5, 5.41) is 2.59. The summed E-state index contributed by atoms with van der Waals surface area (Å²) >= 11 is 0. The minimum atomic E-state index is -0.822. The lowest BCUT2D eigenvalue weighted by Gasteiger charge is -2.18. The molecule has 1 N–H and O–H groups in total. The van der Waals surface area contributed by atoms with Crippen LogP contribution in [0.1, 0.15) is 19.4 Å². The number of ether oxygens (including phenoxy) is 3. The van der Waals surface area contributed by atoms with Gasteiger partial charge in [0.25, 0.3) is 5.91 Å². The number of carbonyl (C=O) groups is 2. The summed E-state index contributed by atoms with van der Waals surface area (Å²) in [5.74, 6) is 0.450. The Morgan fingerprint density at radius 3 is 2.77 bits per heavy atom. The van der Waals surface area contributed by atoms with Gasteiger partial charge in [-0.2, -0.15) is 0 Å². The van der Waals surface area contributed by atoms with Gasteiger partial charge in [0, 0.05) is 12.6 Å². The molecule has 6 nitrogen and oxygen atoms in total. The van der Waals surface area contributed by atoms with E-state index in [0.29, 0.717) is 31.3 Å². The number of likely N-dealkylation sites (N-methyl/N-ethyl adjacent to an activating group) is 1. The molecule has 6 heteroatoms. The van der Waals surface area contributed by atoms with Crippen LogP contribution in [0.5, 0.6) is 11.5 Å². The second kappa shape index (κ2) is 7.49. The SMILES string of the molecule is CCNC(=O)[C@@H](C)OC(=O)/C=C/c1ccc2c(c1)OCCO2. The normalized spacial score (nSPS) is 14.5. The first-order valence-corrected chi connectivity index (χ1v) is 7.16. The fraction of sp³-hybridized carbons (Fsp3) is 0.375. The van der Waals surface area contributed by atoms with E-state index in [0.717, 1.165) is 5.56 Å². The Labute approximate surface area is 129 Å². The van der Waals surface area contributed by atoms with Crippen molar-refractivity contribution < 1.29 is 23.8 Å². The lowest BCUT2D eigenvalue weighted by molar-refractivity contribution is -0.150. The van der Waals surface area contributed by atoms with E-state index >= 15 is 0 Å². The van der Waals surface area contributed by atoms with Crippen LogP contribution in [-0.2, 0) is 14.3 Å². The first-order chi connectivity index (χ1) is 10.6. The van der Waals surface area contributed by atoms with Crippen molar-refractivity contribution in [2.75, 3.05) is 19.8 Å². The molecule has 118 valence electrons. The Morgan fingerprint density at radius 1 is 1.32 bits per heavy atom. The Morgan fingerprint density at radius 2 is 2.05 bits per heavy atom. The largest absolute Gasteiger partial charge is 0.486 e. The Kier molecular flexibility index (Phi) is 5.41. The quantitative estimate of drug-likeness (QED) is 0.660. The lowest BCUT2D eigenvalue weighted by Crippen LogP contribution is -2.35. The molecule has 1 aromatic rings. The number of nitrogens with one attached hydrogen (secondary N) is 1. The van der Waals surface area contributed by atoms with Crippen molar-refractivity contribution in [3.8, 4) is 11.5 Å². The van der Waals surface area contributed by atoms with E-state index in [1.165, 1.54) is 13.0 Å².